The SMILES string of the molecule is CN=C(NCCCNC(=O)c1cccc(Br)c1)NCC(C)(C)OC.I. The van der Waals surface area contributed by atoms with Crippen LogP contribution in [0, 0.1) is 0 Å². The molecule has 3 N–H and O–H groups in total. The van der Waals surface area contributed by atoms with Gasteiger partial charge >= 0.3 is 0 Å². The van der Waals surface area contributed by atoms with Gasteiger partial charge in [-0.25, -0.2) is 0 Å². The van der Waals surface area contributed by atoms with Gasteiger partial charge in [0.05, 0.1) is 5.60 Å². The van der Waals surface area contributed by atoms with Gasteiger partial charge in [0.25, 0.3) is 5.91 Å². The quantitative estimate of drug-likeness (QED) is 0.211. The van der Waals surface area contributed by atoms with Gasteiger partial charge in [-0.2, -0.15) is 0 Å². The molecule has 0 heterocycles. The third-order valence-electron chi connectivity index (χ3n) is 3.48. The highest BCUT2D eigenvalue weighted by molar-refractivity contribution is 14.0. The maximum atomic E-state index is 12.0. The number of halogens is 2. The second kappa shape index (κ2) is 12.5. The summed E-state index contributed by atoms with van der Waals surface area (Å²) in [5.74, 6) is 0.652. The molecule has 0 aliphatic heterocycles. The fraction of sp³-hybridized carbons (Fsp3) is 0.529. The number of hydrogen-bond acceptors (Lipinski definition) is 3. The first kappa shape index (κ1) is 24.1. The predicted octanol–water partition coefficient (Wildman–Crippen LogP) is 2.78. The zero-order valence-corrected chi connectivity index (χ0v) is 19.1. The molecule has 1 rings (SSSR count). The number of aliphatic imine (C=N–C) groups is 1. The van der Waals surface area contributed by atoms with Gasteiger partial charge in [0.1, 0.15) is 0 Å². The number of nitrogens with zero attached hydrogens (tertiary/aromatic N) is 1. The number of carbonyl (C=O) groups is 1. The molecule has 8 heteroatoms. The number of carbonyl (C=O) groups excluding carboxylic acids is 1. The van der Waals surface area contributed by atoms with Gasteiger partial charge in [-0.05, 0) is 38.5 Å². The van der Waals surface area contributed by atoms with Crippen LogP contribution < -0.4 is 16.0 Å². The Balaban J connectivity index is 0.00000576. The number of amides is 1. The number of benzene rings is 1. The summed E-state index contributed by atoms with van der Waals surface area (Å²) in [4.78, 5) is 16.2. The van der Waals surface area contributed by atoms with Gasteiger partial charge in [-0.1, -0.05) is 22.0 Å². The summed E-state index contributed by atoms with van der Waals surface area (Å²) in [7, 11) is 3.41. The molecule has 1 aromatic rings. The van der Waals surface area contributed by atoms with Gasteiger partial charge in [-0.3, -0.25) is 9.79 Å². The second-order valence-corrected chi connectivity index (χ2v) is 6.85. The van der Waals surface area contributed by atoms with Crippen molar-refractivity contribution in [3.05, 3.63) is 34.3 Å². The Labute approximate surface area is 175 Å². The van der Waals surface area contributed by atoms with E-state index in [0.717, 1.165) is 16.9 Å². The Morgan fingerprint density at radius 2 is 1.92 bits per heavy atom. The zero-order valence-electron chi connectivity index (χ0n) is 15.2. The predicted molar refractivity (Wildman–Crippen MR) is 117 cm³/mol. The molecule has 6 nitrogen and oxygen atoms in total. The Morgan fingerprint density at radius 3 is 2.52 bits per heavy atom. The normalized spacial score (nSPS) is 11.5. The Hall–Kier alpha value is -0.870. The smallest absolute Gasteiger partial charge is 0.251 e. The molecular formula is C17H28BrIN4O2. The zero-order chi connectivity index (χ0) is 18.0. The van der Waals surface area contributed by atoms with Crippen molar-refractivity contribution < 1.29 is 9.53 Å². The van der Waals surface area contributed by atoms with Gasteiger partial charge in [-0.15, -0.1) is 24.0 Å². The van der Waals surface area contributed by atoms with E-state index in [2.05, 4.69) is 36.9 Å². The summed E-state index contributed by atoms with van der Waals surface area (Å²) in [6.45, 7) is 5.98. The number of guanidine groups is 1. The van der Waals surface area contributed by atoms with Crippen LogP contribution >= 0.6 is 39.9 Å². The van der Waals surface area contributed by atoms with Gasteiger partial charge in [0, 0.05) is 43.8 Å². The number of methoxy groups -OCH3 is 1. The Kier molecular flexibility index (Phi) is 12.0. The lowest BCUT2D eigenvalue weighted by Crippen LogP contribution is -2.45. The lowest BCUT2D eigenvalue weighted by Gasteiger charge is -2.24. The molecule has 25 heavy (non-hydrogen) atoms. The van der Waals surface area contributed by atoms with Crippen LogP contribution in [0.25, 0.3) is 0 Å². The highest BCUT2D eigenvalue weighted by atomic mass is 127. The standard InChI is InChI=1S/C17H27BrN4O2.HI/c1-17(2,24-4)12-22-16(19-3)21-10-6-9-20-15(23)13-7-5-8-14(18)11-13;/h5,7-8,11H,6,9-10,12H2,1-4H3,(H,20,23)(H2,19,21,22);1H. The fourth-order valence-corrected chi connectivity index (χ4v) is 2.22. The van der Waals surface area contributed by atoms with Crippen molar-refractivity contribution in [2.45, 2.75) is 25.9 Å². The monoisotopic (exact) mass is 526 g/mol. The van der Waals surface area contributed by atoms with Crippen LogP contribution in [-0.2, 0) is 4.74 Å². The van der Waals surface area contributed by atoms with E-state index in [1.807, 2.05) is 26.0 Å². The van der Waals surface area contributed by atoms with E-state index in [1.165, 1.54) is 0 Å². The first-order valence-electron chi connectivity index (χ1n) is 7.91. The van der Waals surface area contributed by atoms with Gasteiger partial charge < -0.3 is 20.7 Å². The molecule has 0 fully saturated rings. The largest absolute Gasteiger partial charge is 0.377 e. The Morgan fingerprint density at radius 1 is 1.24 bits per heavy atom. The molecule has 0 saturated carbocycles. The van der Waals surface area contributed by atoms with Crippen LogP contribution in [0.3, 0.4) is 0 Å². The van der Waals surface area contributed by atoms with Crippen molar-refractivity contribution in [2.75, 3.05) is 33.8 Å². The minimum absolute atomic E-state index is 0. The summed E-state index contributed by atoms with van der Waals surface area (Å²) < 4.78 is 6.25. The first-order valence-corrected chi connectivity index (χ1v) is 8.70. The summed E-state index contributed by atoms with van der Waals surface area (Å²) in [6.07, 6.45) is 0.800. The molecule has 1 amide bonds. The van der Waals surface area contributed by atoms with Crippen molar-refractivity contribution in [3.63, 3.8) is 0 Å². The number of nitrogens with one attached hydrogen (secondary N) is 3. The molecule has 0 aromatic heterocycles. The average Bonchev–Trinajstić information content (AvgIpc) is 2.57. The maximum absolute atomic E-state index is 12.0. The van der Waals surface area contributed by atoms with E-state index in [1.54, 1.807) is 26.3 Å². The molecule has 0 atom stereocenters. The van der Waals surface area contributed by atoms with Crippen LogP contribution in [0.1, 0.15) is 30.6 Å². The topological polar surface area (TPSA) is 74.8 Å². The number of hydrogen-bond donors (Lipinski definition) is 3. The highest BCUT2D eigenvalue weighted by Crippen LogP contribution is 2.11. The molecule has 0 radical (unpaired) electrons. The third-order valence-corrected chi connectivity index (χ3v) is 3.97. The number of rotatable bonds is 8. The molecule has 0 unspecified atom stereocenters. The molecular weight excluding hydrogens is 499 g/mol. The third kappa shape index (κ3) is 10.0. The summed E-state index contributed by atoms with van der Waals surface area (Å²) in [5, 5.41) is 9.33. The molecule has 0 aliphatic rings. The van der Waals surface area contributed by atoms with Crippen LogP contribution in [0.15, 0.2) is 33.7 Å². The lowest BCUT2D eigenvalue weighted by atomic mass is 10.1. The molecule has 0 spiro atoms. The molecule has 0 saturated heterocycles. The minimum Gasteiger partial charge on any atom is -0.377 e. The van der Waals surface area contributed by atoms with Crippen LogP contribution in [0.5, 0.6) is 0 Å². The van der Waals surface area contributed by atoms with Crippen molar-refractivity contribution >= 4 is 51.8 Å². The maximum Gasteiger partial charge on any atom is 0.251 e. The average molecular weight is 527 g/mol. The van der Waals surface area contributed by atoms with Crippen molar-refractivity contribution in [1.29, 1.82) is 0 Å². The lowest BCUT2D eigenvalue weighted by molar-refractivity contribution is 0.0268. The second-order valence-electron chi connectivity index (χ2n) is 5.94. The van der Waals surface area contributed by atoms with Crippen LogP contribution in [0.2, 0.25) is 0 Å². The summed E-state index contributed by atoms with van der Waals surface area (Å²) >= 11 is 3.36. The first-order chi connectivity index (χ1) is 11.4. The van der Waals surface area contributed by atoms with Gasteiger partial charge in [0.15, 0.2) is 5.96 Å². The fourth-order valence-electron chi connectivity index (χ4n) is 1.82. The molecule has 1 aromatic carbocycles. The van der Waals surface area contributed by atoms with Crippen molar-refractivity contribution in [2.24, 2.45) is 4.99 Å². The summed E-state index contributed by atoms with van der Waals surface area (Å²) in [5.41, 5.74) is 0.395. The van der Waals surface area contributed by atoms with Crippen molar-refractivity contribution in [3.8, 4) is 0 Å². The summed E-state index contributed by atoms with van der Waals surface area (Å²) in [6, 6.07) is 7.33. The van der Waals surface area contributed by atoms with E-state index >= 15 is 0 Å². The number of ether oxygens (including phenoxy) is 1. The molecule has 142 valence electrons. The van der Waals surface area contributed by atoms with E-state index in [4.69, 9.17) is 4.74 Å². The highest BCUT2D eigenvalue weighted by Gasteiger charge is 2.16. The molecule has 0 aliphatic carbocycles. The van der Waals surface area contributed by atoms with E-state index in [-0.39, 0.29) is 35.5 Å². The van der Waals surface area contributed by atoms with Crippen LogP contribution in [0.4, 0.5) is 0 Å². The van der Waals surface area contributed by atoms with E-state index in [0.29, 0.717) is 25.2 Å². The van der Waals surface area contributed by atoms with E-state index in [9.17, 15) is 4.79 Å². The minimum atomic E-state index is -0.254. The molecule has 0 bridgehead atoms. The Bertz CT molecular complexity index is 567. The van der Waals surface area contributed by atoms with Crippen LogP contribution in [-0.4, -0.2) is 51.3 Å². The van der Waals surface area contributed by atoms with Crippen molar-refractivity contribution in [1.82, 2.24) is 16.0 Å². The van der Waals surface area contributed by atoms with E-state index < -0.39 is 0 Å². The van der Waals surface area contributed by atoms with Gasteiger partial charge in [0.2, 0.25) is 0 Å².